The van der Waals surface area contributed by atoms with Crippen LogP contribution in [-0.2, 0) is 19.3 Å². The van der Waals surface area contributed by atoms with Crippen molar-refractivity contribution in [1.82, 2.24) is 0 Å². The summed E-state index contributed by atoms with van der Waals surface area (Å²) in [4.78, 5) is 0. The van der Waals surface area contributed by atoms with Gasteiger partial charge in [-0.3, -0.25) is 0 Å². The van der Waals surface area contributed by atoms with Crippen LogP contribution in [0.25, 0.3) is 0 Å². The van der Waals surface area contributed by atoms with Crippen molar-refractivity contribution in [2.75, 3.05) is 6.61 Å². The third-order valence-electron chi connectivity index (χ3n) is 4.59. The molecule has 2 nitrogen and oxygen atoms in total. The van der Waals surface area contributed by atoms with E-state index in [0.29, 0.717) is 0 Å². The fraction of sp³-hybridized carbons (Fsp3) is 0.333. The predicted molar refractivity (Wildman–Crippen MR) is 85.1 cm³/mol. The number of nitrogens with two attached hydrogens (primary N) is 1. The lowest BCUT2D eigenvalue weighted by atomic mass is 9.94. The van der Waals surface area contributed by atoms with Gasteiger partial charge in [-0.1, -0.05) is 29.8 Å². The van der Waals surface area contributed by atoms with Gasteiger partial charge in [-0.15, -0.1) is 0 Å². The maximum atomic E-state index is 6.51. The summed E-state index contributed by atoms with van der Waals surface area (Å²) in [5.74, 6) is 0.937. The molecule has 0 fully saturated rings. The molecule has 1 atom stereocenters. The molecule has 1 aliphatic heterocycles. The second kappa shape index (κ2) is 5.04. The first-order chi connectivity index (χ1) is 10.2. The Labute approximate surface area is 129 Å². The number of aryl methyl sites for hydroxylation is 2. The molecule has 3 heteroatoms. The van der Waals surface area contributed by atoms with Crippen LogP contribution < -0.4 is 10.5 Å². The number of hydrogen-bond donors (Lipinski definition) is 1. The Morgan fingerprint density at radius 1 is 1.00 bits per heavy atom. The number of benzene rings is 2. The summed E-state index contributed by atoms with van der Waals surface area (Å²) >= 11 is 6.24. The number of hydrogen-bond acceptors (Lipinski definition) is 2. The van der Waals surface area contributed by atoms with Crippen molar-refractivity contribution >= 4 is 11.6 Å². The predicted octanol–water partition coefficient (Wildman–Crippen LogP) is 3.81. The molecule has 1 unspecified atom stereocenters. The highest BCUT2D eigenvalue weighted by molar-refractivity contribution is 6.30. The maximum absolute atomic E-state index is 6.51. The van der Waals surface area contributed by atoms with Crippen molar-refractivity contribution in [2.45, 2.75) is 31.7 Å². The molecule has 1 aliphatic carbocycles. The highest BCUT2D eigenvalue weighted by Gasteiger charge is 2.23. The van der Waals surface area contributed by atoms with E-state index < -0.39 is 0 Å². The minimum atomic E-state index is -0.179. The van der Waals surface area contributed by atoms with Crippen molar-refractivity contribution in [2.24, 2.45) is 5.73 Å². The molecule has 0 amide bonds. The normalized spacial score (nSPS) is 17.2. The van der Waals surface area contributed by atoms with Crippen LogP contribution in [0.5, 0.6) is 5.75 Å². The zero-order valence-electron chi connectivity index (χ0n) is 11.9. The van der Waals surface area contributed by atoms with Crippen LogP contribution in [0.3, 0.4) is 0 Å². The van der Waals surface area contributed by atoms with Crippen LogP contribution in [0.1, 0.15) is 40.3 Å². The van der Waals surface area contributed by atoms with Crippen molar-refractivity contribution in [3.05, 3.63) is 63.2 Å². The van der Waals surface area contributed by atoms with E-state index in [2.05, 4.69) is 18.2 Å². The summed E-state index contributed by atoms with van der Waals surface area (Å²) in [7, 11) is 0. The Kier molecular flexibility index (Phi) is 3.16. The molecule has 2 aromatic carbocycles. The molecule has 0 saturated heterocycles. The van der Waals surface area contributed by atoms with Gasteiger partial charge in [0.25, 0.3) is 0 Å². The second-order valence-corrected chi connectivity index (χ2v) is 6.38. The first kappa shape index (κ1) is 13.2. The lowest BCUT2D eigenvalue weighted by Crippen LogP contribution is -2.13. The molecule has 2 N–H and O–H groups in total. The summed E-state index contributed by atoms with van der Waals surface area (Å²) in [6, 6.07) is 10.4. The third-order valence-corrected chi connectivity index (χ3v) is 4.81. The van der Waals surface area contributed by atoms with Crippen LogP contribution >= 0.6 is 11.6 Å². The van der Waals surface area contributed by atoms with E-state index in [1.165, 1.54) is 36.0 Å². The monoisotopic (exact) mass is 299 g/mol. The van der Waals surface area contributed by atoms with Crippen LogP contribution in [-0.4, -0.2) is 6.61 Å². The van der Waals surface area contributed by atoms with E-state index in [0.717, 1.165) is 34.9 Å². The molecule has 21 heavy (non-hydrogen) atoms. The van der Waals surface area contributed by atoms with Crippen molar-refractivity contribution in [3.63, 3.8) is 0 Å². The molecule has 0 spiro atoms. The van der Waals surface area contributed by atoms with Crippen LogP contribution in [0, 0.1) is 0 Å². The first-order valence-electron chi connectivity index (χ1n) is 7.55. The molecule has 2 aromatic rings. The van der Waals surface area contributed by atoms with Crippen LogP contribution in [0.4, 0.5) is 0 Å². The molecule has 0 bridgehead atoms. The fourth-order valence-corrected chi connectivity index (χ4v) is 3.74. The zero-order chi connectivity index (χ0) is 14.4. The van der Waals surface area contributed by atoms with Gasteiger partial charge in [-0.25, -0.2) is 0 Å². The van der Waals surface area contributed by atoms with Crippen molar-refractivity contribution in [3.8, 4) is 5.75 Å². The highest BCUT2D eigenvalue weighted by atomic mass is 35.5. The number of ether oxygens (including phenoxy) is 1. The van der Waals surface area contributed by atoms with Gasteiger partial charge in [0.2, 0.25) is 0 Å². The minimum Gasteiger partial charge on any atom is -0.493 e. The zero-order valence-corrected chi connectivity index (χ0v) is 12.6. The smallest absolute Gasteiger partial charge is 0.127 e. The third kappa shape index (κ3) is 2.23. The van der Waals surface area contributed by atoms with Gasteiger partial charge >= 0.3 is 0 Å². The largest absolute Gasteiger partial charge is 0.493 e. The first-order valence-corrected chi connectivity index (χ1v) is 7.92. The summed E-state index contributed by atoms with van der Waals surface area (Å²) < 4.78 is 5.78. The summed E-state index contributed by atoms with van der Waals surface area (Å²) in [5.41, 5.74) is 12.8. The summed E-state index contributed by atoms with van der Waals surface area (Å²) in [5, 5.41) is 0.742. The molecule has 0 radical (unpaired) electrons. The molecular weight excluding hydrogens is 282 g/mol. The lowest BCUT2D eigenvalue weighted by molar-refractivity contribution is 0.352. The molecule has 0 saturated carbocycles. The van der Waals surface area contributed by atoms with E-state index in [1.807, 2.05) is 12.1 Å². The van der Waals surface area contributed by atoms with Gasteiger partial charge in [0.15, 0.2) is 0 Å². The van der Waals surface area contributed by atoms with Gasteiger partial charge in [0.05, 0.1) is 12.6 Å². The molecule has 0 aromatic heterocycles. The fourth-order valence-electron chi connectivity index (χ4n) is 3.49. The average molecular weight is 300 g/mol. The van der Waals surface area contributed by atoms with Crippen molar-refractivity contribution < 1.29 is 4.74 Å². The molecule has 1 heterocycles. The quantitative estimate of drug-likeness (QED) is 0.915. The Balaban J connectivity index is 1.77. The summed E-state index contributed by atoms with van der Waals surface area (Å²) in [6.07, 6.45) is 4.53. The van der Waals surface area contributed by atoms with E-state index in [9.17, 15) is 0 Å². The molecule has 2 aliphatic rings. The summed E-state index contributed by atoms with van der Waals surface area (Å²) in [6.45, 7) is 0.722. The standard InChI is InChI=1S/C18H18ClNO/c19-15-9-14-6-7-21-18(14)16(10-15)17(20)13-5-4-11-2-1-3-12(11)8-13/h4-5,8-10,17H,1-3,6-7,20H2. The number of halogens is 1. The maximum Gasteiger partial charge on any atom is 0.127 e. The highest BCUT2D eigenvalue weighted by Crippen LogP contribution is 2.38. The van der Waals surface area contributed by atoms with Gasteiger partial charge in [0, 0.05) is 17.0 Å². The number of fused-ring (bicyclic) bond motifs is 2. The number of rotatable bonds is 2. The van der Waals surface area contributed by atoms with Gasteiger partial charge in [-0.05, 0) is 53.6 Å². The Hall–Kier alpha value is -1.51. The van der Waals surface area contributed by atoms with Gasteiger partial charge in [0.1, 0.15) is 5.75 Å². The van der Waals surface area contributed by atoms with E-state index >= 15 is 0 Å². The average Bonchev–Trinajstić information content (AvgIpc) is 3.12. The van der Waals surface area contributed by atoms with Crippen LogP contribution in [0.2, 0.25) is 5.02 Å². The molecule has 4 rings (SSSR count). The molecular formula is C18H18ClNO. The van der Waals surface area contributed by atoms with E-state index in [-0.39, 0.29) is 6.04 Å². The van der Waals surface area contributed by atoms with Crippen molar-refractivity contribution in [1.29, 1.82) is 0 Å². The topological polar surface area (TPSA) is 35.2 Å². The lowest BCUT2D eigenvalue weighted by Gasteiger charge is -2.17. The Bertz CT molecular complexity index is 711. The minimum absolute atomic E-state index is 0.179. The van der Waals surface area contributed by atoms with E-state index in [4.69, 9.17) is 22.1 Å². The van der Waals surface area contributed by atoms with Gasteiger partial charge in [-0.2, -0.15) is 0 Å². The van der Waals surface area contributed by atoms with Gasteiger partial charge < -0.3 is 10.5 Å². The second-order valence-electron chi connectivity index (χ2n) is 5.94. The molecule has 108 valence electrons. The van der Waals surface area contributed by atoms with E-state index in [1.54, 1.807) is 0 Å². The Morgan fingerprint density at radius 3 is 2.76 bits per heavy atom. The SMILES string of the molecule is NC(c1ccc2c(c1)CCC2)c1cc(Cl)cc2c1OCC2. The Morgan fingerprint density at radius 2 is 1.86 bits per heavy atom. The van der Waals surface area contributed by atoms with Crippen LogP contribution in [0.15, 0.2) is 30.3 Å².